The summed E-state index contributed by atoms with van der Waals surface area (Å²) in [6.45, 7) is 4.45. The molecule has 0 aromatic heterocycles. The van der Waals surface area contributed by atoms with E-state index in [1.165, 1.54) is 6.07 Å². The van der Waals surface area contributed by atoms with Gasteiger partial charge in [0, 0.05) is 13.6 Å². The molecule has 0 heterocycles. The van der Waals surface area contributed by atoms with Crippen LogP contribution in [0.1, 0.15) is 24.2 Å². The number of rotatable bonds is 7. The van der Waals surface area contributed by atoms with E-state index in [1.807, 2.05) is 13.8 Å². The standard InChI is InChI=1S/C13H19N3O4/c1-9(2)20-8-7-15-13(17)10-5-4-6-11(14-3)12(10)16(18)19/h4-6,9,14H,7-8H2,1-3H3,(H,15,17). The number of hydrogen-bond acceptors (Lipinski definition) is 5. The Labute approximate surface area is 117 Å². The molecule has 1 aromatic carbocycles. The number of hydrogen-bond donors (Lipinski definition) is 2. The summed E-state index contributed by atoms with van der Waals surface area (Å²) < 4.78 is 5.29. The Morgan fingerprint density at radius 1 is 1.45 bits per heavy atom. The molecule has 0 aliphatic rings. The van der Waals surface area contributed by atoms with E-state index in [9.17, 15) is 14.9 Å². The lowest BCUT2D eigenvalue weighted by Gasteiger charge is -2.10. The first kappa shape index (κ1) is 15.9. The normalized spacial score (nSPS) is 10.4. The summed E-state index contributed by atoms with van der Waals surface area (Å²) in [7, 11) is 1.57. The minimum absolute atomic E-state index is 0.0337. The van der Waals surface area contributed by atoms with Gasteiger partial charge < -0.3 is 15.4 Å². The zero-order valence-electron chi connectivity index (χ0n) is 11.8. The molecular weight excluding hydrogens is 262 g/mol. The highest BCUT2D eigenvalue weighted by Gasteiger charge is 2.23. The molecule has 0 unspecified atom stereocenters. The predicted octanol–water partition coefficient (Wildman–Crippen LogP) is 1.79. The Hall–Kier alpha value is -2.15. The molecule has 0 bridgehead atoms. The summed E-state index contributed by atoms with van der Waals surface area (Å²) in [5, 5.41) is 16.4. The number of amides is 1. The first-order chi connectivity index (χ1) is 9.47. The fourth-order valence-corrected chi connectivity index (χ4v) is 1.68. The number of para-hydroxylation sites is 1. The van der Waals surface area contributed by atoms with Gasteiger partial charge in [-0.3, -0.25) is 14.9 Å². The lowest BCUT2D eigenvalue weighted by Crippen LogP contribution is -2.28. The average molecular weight is 281 g/mol. The molecule has 20 heavy (non-hydrogen) atoms. The molecule has 2 N–H and O–H groups in total. The van der Waals surface area contributed by atoms with Crippen LogP contribution >= 0.6 is 0 Å². The first-order valence-corrected chi connectivity index (χ1v) is 6.32. The monoisotopic (exact) mass is 281 g/mol. The van der Waals surface area contributed by atoms with Crippen molar-refractivity contribution in [1.82, 2.24) is 5.32 Å². The lowest BCUT2D eigenvalue weighted by molar-refractivity contribution is -0.384. The van der Waals surface area contributed by atoms with Crippen LogP contribution in [-0.4, -0.2) is 37.1 Å². The van der Waals surface area contributed by atoms with Gasteiger partial charge in [-0.15, -0.1) is 0 Å². The number of benzene rings is 1. The van der Waals surface area contributed by atoms with Crippen LogP contribution in [0.15, 0.2) is 18.2 Å². The van der Waals surface area contributed by atoms with Gasteiger partial charge in [0.15, 0.2) is 0 Å². The second-order valence-corrected chi connectivity index (χ2v) is 4.38. The molecule has 7 nitrogen and oxygen atoms in total. The highest BCUT2D eigenvalue weighted by molar-refractivity contribution is 6.00. The number of ether oxygens (including phenoxy) is 1. The molecule has 0 spiro atoms. The Balaban J connectivity index is 2.80. The van der Waals surface area contributed by atoms with Crippen molar-refractivity contribution in [2.75, 3.05) is 25.5 Å². The Bertz CT molecular complexity index is 489. The average Bonchev–Trinajstić information content (AvgIpc) is 2.41. The van der Waals surface area contributed by atoms with Crippen molar-refractivity contribution in [3.05, 3.63) is 33.9 Å². The summed E-state index contributed by atoms with van der Waals surface area (Å²) in [5.41, 5.74) is 0.116. The van der Waals surface area contributed by atoms with Crippen molar-refractivity contribution in [2.24, 2.45) is 0 Å². The van der Waals surface area contributed by atoms with Gasteiger partial charge in [0.1, 0.15) is 11.3 Å². The van der Waals surface area contributed by atoms with Crippen LogP contribution in [0.5, 0.6) is 0 Å². The fourth-order valence-electron chi connectivity index (χ4n) is 1.68. The van der Waals surface area contributed by atoms with Gasteiger partial charge in [-0.1, -0.05) is 6.07 Å². The predicted molar refractivity (Wildman–Crippen MR) is 76.1 cm³/mol. The van der Waals surface area contributed by atoms with Gasteiger partial charge >= 0.3 is 5.69 Å². The minimum Gasteiger partial charge on any atom is -0.383 e. The summed E-state index contributed by atoms with van der Waals surface area (Å²) in [6, 6.07) is 4.58. The minimum atomic E-state index is -0.564. The summed E-state index contributed by atoms with van der Waals surface area (Å²) in [6.07, 6.45) is 0.0776. The maximum Gasteiger partial charge on any atom is 0.305 e. The number of carbonyl (C=O) groups is 1. The molecule has 0 atom stereocenters. The molecule has 1 aromatic rings. The summed E-state index contributed by atoms with van der Waals surface area (Å²) in [5.74, 6) is -0.485. The molecule has 0 saturated carbocycles. The summed E-state index contributed by atoms with van der Waals surface area (Å²) in [4.78, 5) is 22.5. The van der Waals surface area contributed by atoms with E-state index in [1.54, 1.807) is 19.2 Å². The largest absolute Gasteiger partial charge is 0.383 e. The number of carbonyl (C=O) groups excluding carboxylic acids is 1. The highest BCUT2D eigenvalue weighted by Crippen LogP contribution is 2.27. The summed E-state index contributed by atoms with van der Waals surface area (Å²) >= 11 is 0. The van der Waals surface area contributed by atoms with E-state index in [2.05, 4.69) is 10.6 Å². The Morgan fingerprint density at radius 3 is 2.70 bits per heavy atom. The van der Waals surface area contributed by atoms with Crippen molar-refractivity contribution in [1.29, 1.82) is 0 Å². The van der Waals surface area contributed by atoms with Crippen LogP contribution < -0.4 is 10.6 Å². The van der Waals surface area contributed by atoms with Gasteiger partial charge in [-0.2, -0.15) is 0 Å². The number of anilines is 1. The molecule has 7 heteroatoms. The molecule has 110 valence electrons. The van der Waals surface area contributed by atoms with Crippen LogP contribution in [0.25, 0.3) is 0 Å². The van der Waals surface area contributed by atoms with E-state index < -0.39 is 10.8 Å². The third-order valence-corrected chi connectivity index (χ3v) is 2.57. The lowest BCUT2D eigenvalue weighted by atomic mass is 10.1. The molecule has 0 fully saturated rings. The molecule has 0 saturated heterocycles. The number of nitro benzene ring substituents is 1. The zero-order valence-corrected chi connectivity index (χ0v) is 11.8. The number of nitrogens with zero attached hydrogens (tertiary/aromatic N) is 1. The SMILES string of the molecule is CNc1cccc(C(=O)NCCOC(C)C)c1[N+](=O)[O-]. The maximum atomic E-state index is 12.0. The third-order valence-electron chi connectivity index (χ3n) is 2.57. The fraction of sp³-hybridized carbons (Fsp3) is 0.462. The van der Waals surface area contributed by atoms with Crippen molar-refractivity contribution in [2.45, 2.75) is 20.0 Å². The van der Waals surface area contributed by atoms with Crippen molar-refractivity contribution < 1.29 is 14.5 Å². The smallest absolute Gasteiger partial charge is 0.305 e. The maximum absolute atomic E-state index is 12.0. The topological polar surface area (TPSA) is 93.5 Å². The van der Waals surface area contributed by atoms with E-state index in [4.69, 9.17) is 4.74 Å². The van der Waals surface area contributed by atoms with Crippen LogP contribution in [0.2, 0.25) is 0 Å². The molecule has 1 rings (SSSR count). The second kappa shape index (κ2) is 7.44. The van der Waals surface area contributed by atoms with E-state index in [0.29, 0.717) is 18.8 Å². The first-order valence-electron chi connectivity index (χ1n) is 6.32. The van der Waals surface area contributed by atoms with Crippen molar-refractivity contribution >= 4 is 17.3 Å². The Kier molecular flexibility index (Phi) is 5.92. The van der Waals surface area contributed by atoms with Crippen molar-refractivity contribution in [3.63, 3.8) is 0 Å². The van der Waals surface area contributed by atoms with Gasteiger partial charge in [0.05, 0.1) is 17.6 Å². The highest BCUT2D eigenvalue weighted by atomic mass is 16.6. The molecular formula is C13H19N3O4. The van der Waals surface area contributed by atoms with Crippen molar-refractivity contribution in [3.8, 4) is 0 Å². The van der Waals surface area contributed by atoms with Gasteiger partial charge in [0.2, 0.25) is 0 Å². The Morgan fingerprint density at radius 2 is 2.15 bits per heavy atom. The van der Waals surface area contributed by atoms with Crippen LogP contribution in [0.4, 0.5) is 11.4 Å². The molecule has 0 aliphatic carbocycles. The van der Waals surface area contributed by atoms with E-state index in [-0.39, 0.29) is 17.4 Å². The van der Waals surface area contributed by atoms with Gasteiger partial charge in [0.25, 0.3) is 5.91 Å². The third kappa shape index (κ3) is 4.20. The molecule has 1 amide bonds. The molecule has 0 aliphatic heterocycles. The van der Waals surface area contributed by atoms with Crippen LogP contribution in [-0.2, 0) is 4.74 Å². The zero-order chi connectivity index (χ0) is 15.1. The van der Waals surface area contributed by atoms with Crippen LogP contribution in [0.3, 0.4) is 0 Å². The molecule has 0 radical (unpaired) electrons. The quantitative estimate of drug-likeness (QED) is 0.451. The van der Waals surface area contributed by atoms with E-state index in [0.717, 1.165) is 0 Å². The van der Waals surface area contributed by atoms with Gasteiger partial charge in [-0.05, 0) is 26.0 Å². The van der Waals surface area contributed by atoms with Crippen LogP contribution in [0, 0.1) is 10.1 Å². The second-order valence-electron chi connectivity index (χ2n) is 4.38. The number of nitrogens with one attached hydrogen (secondary N) is 2. The van der Waals surface area contributed by atoms with E-state index >= 15 is 0 Å². The number of nitro groups is 1. The van der Waals surface area contributed by atoms with Gasteiger partial charge in [-0.25, -0.2) is 0 Å².